The molecule has 2 rings (SSSR count). The number of carbonyl (C=O) groups excluding carboxylic acids is 2. The van der Waals surface area contributed by atoms with Crippen molar-refractivity contribution >= 4 is 23.8 Å². The summed E-state index contributed by atoms with van der Waals surface area (Å²) in [6.45, 7) is -0.152. The van der Waals surface area contributed by atoms with Crippen LogP contribution in [0.25, 0.3) is 0 Å². The third-order valence-corrected chi connectivity index (χ3v) is 3.06. The molecule has 0 saturated heterocycles. The first-order valence-corrected chi connectivity index (χ1v) is 6.76. The molecule has 0 aliphatic carbocycles. The molecule has 1 amide bonds. The fraction of sp³-hybridized carbons (Fsp3) is 0.125. The standard InChI is InChI=1S/C16H14N2O5/c19-12-17(14-6-8-15(9-7-14)18(21)22)10-16(20)23-11-13-4-2-1-3-5-13/h1-9,12H,10-11H2. The average Bonchev–Trinajstić information content (AvgIpc) is 2.59. The Morgan fingerprint density at radius 1 is 1.13 bits per heavy atom. The van der Waals surface area contributed by atoms with E-state index in [1.54, 1.807) is 0 Å². The highest BCUT2D eigenvalue weighted by Crippen LogP contribution is 2.18. The van der Waals surface area contributed by atoms with Gasteiger partial charge in [-0.3, -0.25) is 19.7 Å². The van der Waals surface area contributed by atoms with Crippen LogP contribution in [0.15, 0.2) is 54.6 Å². The average molecular weight is 314 g/mol. The highest BCUT2D eigenvalue weighted by Gasteiger charge is 2.13. The van der Waals surface area contributed by atoms with E-state index < -0.39 is 10.9 Å². The van der Waals surface area contributed by atoms with E-state index in [4.69, 9.17) is 4.74 Å². The van der Waals surface area contributed by atoms with E-state index in [9.17, 15) is 19.7 Å². The summed E-state index contributed by atoms with van der Waals surface area (Å²) in [5.41, 5.74) is 1.13. The Bertz CT molecular complexity index is 685. The van der Waals surface area contributed by atoms with Crippen LogP contribution in [0, 0.1) is 10.1 Å². The van der Waals surface area contributed by atoms with Crippen LogP contribution in [-0.2, 0) is 20.9 Å². The molecule has 7 nitrogen and oxygen atoms in total. The highest BCUT2D eigenvalue weighted by molar-refractivity contribution is 5.85. The van der Waals surface area contributed by atoms with Crippen molar-refractivity contribution < 1.29 is 19.2 Å². The van der Waals surface area contributed by atoms with Gasteiger partial charge in [-0.15, -0.1) is 0 Å². The lowest BCUT2D eigenvalue weighted by Gasteiger charge is -2.16. The van der Waals surface area contributed by atoms with Gasteiger partial charge in [-0.1, -0.05) is 30.3 Å². The topological polar surface area (TPSA) is 89.8 Å². The van der Waals surface area contributed by atoms with Gasteiger partial charge in [-0.05, 0) is 17.7 Å². The van der Waals surface area contributed by atoms with E-state index in [2.05, 4.69) is 0 Å². The van der Waals surface area contributed by atoms with Gasteiger partial charge in [0.1, 0.15) is 13.2 Å². The molecule has 0 saturated carbocycles. The SMILES string of the molecule is O=CN(CC(=O)OCc1ccccc1)c1ccc([N+](=O)[O-])cc1. The molecular formula is C16H14N2O5. The van der Waals surface area contributed by atoms with Crippen LogP contribution in [0.5, 0.6) is 0 Å². The van der Waals surface area contributed by atoms with Crippen molar-refractivity contribution in [1.82, 2.24) is 0 Å². The quantitative estimate of drug-likeness (QED) is 0.338. The van der Waals surface area contributed by atoms with Crippen molar-refractivity contribution in [1.29, 1.82) is 0 Å². The molecule has 2 aromatic rings. The van der Waals surface area contributed by atoms with Crippen molar-refractivity contribution in [2.45, 2.75) is 6.61 Å². The lowest BCUT2D eigenvalue weighted by atomic mass is 10.2. The maximum atomic E-state index is 11.8. The Balaban J connectivity index is 1.94. The van der Waals surface area contributed by atoms with Gasteiger partial charge in [0, 0.05) is 17.8 Å². The largest absolute Gasteiger partial charge is 0.459 e. The van der Waals surface area contributed by atoms with Crippen molar-refractivity contribution in [2.24, 2.45) is 0 Å². The first-order chi connectivity index (χ1) is 11.1. The highest BCUT2D eigenvalue weighted by atomic mass is 16.6. The zero-order chi connectivity index (χ0) is 16.7. The Morgan fingerprint density at radius 2 is 1.78 bits per heavy atom. The number of carbonyl (C=O) groups is 2. The van der Waals surface area contributed by atoms with Gasteiger partial charge in [0.05, 0.1) is 4.92 Å². The number of hydrogen-bond acceptors (Lipinski definition) is 5. The van der Waals surface area contributed by atoms with Crippen LogP contribution in [0.3, 0.4) is 0 Å². The van der Waals surface area contributed by atoms with E-state index in [1.165, 1.54) is 24.3 Å². The number of nitro groups is 1. The summed E-state index contributed by atoms with van der Waals surface area (Å²) in [7, 11) is 0. The van der Waals surface area contributed by atoms with Crippen molar-refractivity contribution in [3.8, 4) is 0 Å². The summed E-state index contributed by atoms with van der Waals surface area (Å²) in [4.78, 5) is 34.1. The number of rotatable bonds is 7. The molecule has 0 bridgehead atoms. The summed E-state index contributed by atoms with van der Waals surface area (Å²) >= 11 is 0. The van der Waals surface area contributed by atoms with Gasteiger partial charge < -0.3 is 9.64 Å². The molecule has 7 heteroatoms. The van der Waals surface area contributed by atoms with E-state index in [0.717, 1.165) is 10.5 Å². The number of anilines is 1. The second kappa shape index (κ2) is 7.69. The maximum absolute atomic E-state index is 11.8. The summed E-state index contributed by atoms with van der Waals surface area (Å²) in [6, 6.07) is 14.5. The molecule has 0 aliphatic rings. The minimum absolute atomic E-state index is 0.0914. The molecule has 118 valence electrons. The Morgan fingerprint density at radius 3 is 2.35 bits per heavy atom. The Hall–Kier alpha value is -3.22. The zero-order valence-corrected chi connectivity index (χ0v) is 12.1. The van der Waals surface area contributed by atoms with Gasteiger partial charge in [-0.2, -0.15) is 0 Å². The number of hydrogen-bond donors (Lipinski definition) is 0. The van der Waals surface area contributed by atoms with E-state index in [0.29, 0.717) is 12.1 Å². The first-order valence-electron chi connectivity index (χ1n) is 6.76. The molecule has 0 atom stereocenters. The van der Waals surface area contributed by atoms with Gasteiger partial charge in [0.25, 0.3) is 5.69 Å². The number of nitrogens with zero attached hydrogens (tertiary/aromatic N) is 2. The predicted octanol–water partition coefficient (Wildman–Crippen LogP) is 2.30. The van der Waals surface area contributed by atoms with Gasteiger partial charge >= 0.3 is 5.97 Å². The third-order valence-electron chi connectivity index (χ3n) is 3.06. The van der Waals surface area contributed by atoms with Crippen LogP contribution in [0.4, 0.5) is 11.4 Å². The smallest absolute Gasteiger partial charge is 0.326 e. The van der Waals surface area contributed by atoms with Crippen LogP contribution in [0.2, 0.25) is 0 Å². The van der Waals surface area contributed by atoms with E-state index in [-0.39, 0.29) is 18.8 Å². The summed E-state index contributed by atoms with van der Waals surface area (Å²) in [6.07, 6.45) is 0.477. The van der Waals surface area contributed by atoms with Crippen LogP contribution in [0.1, 0.15) is 5.56 Å². The summed E-state index contributed by atoms with van der Waals surface area (Å²) in [5.74, 6) is -0.570. The van der Waals surface area contributed by atoms with Crippen LogP contribution in [-0.4, -0.2) is 23.8 Å². The summed E-state index contributed by atoms with van der Waals surface area (Å²) in [5, 5.41) is 10.6. The molecule has 0 aromatic heterocycles. The van der Waals surface area contributed by atoms with E-state index in [1.807, 2.05) is 30.3 Å². The van der Waals surface area contributed by atoms with Gasteiger partial charge in [0.15, 0.2) is 0 Å². The third kappa shape index (κ3) is 4.63. The van der Waals surface area contributed by atoms with E-state index >= 15 is 0 Å². The summed E-state index contributed by atoms with van der Waals surface area (Å²) < 4.78 is 5.10. The monoisotopic (exact) mass is 314 g/mol. The number of non-ortho nitro benzene ring substituents is 1. The molecule has 23 heavy (non-hydrogen) atoms. The fourth-order valence-electron chi connectivity index (χ4n) is 1.88. The molecule has 0 N–H and O–H groups in total. The van der Waals surface area contributed by atoms with Gasteiger partial charge in [-0.25, -0.2) is 0 Å². The number of esters is 1. The minimum Gasteiger partial charge on any atom is -0.459 e. The molecule has 0 heterocycles. The zero-order valence-electron chi connectivity index (χ0n) is 12.1. The van der Waals surface area contributed by atoms with Crippen LogP contribution < -0.4 is 4.90 Å². The predicted molar refractivity (Wildman–Crippen MR) is 82.7 cm³/mol. The van der Waals surface area contributed by atoms with Gasteiger partial charge in [0.2, 0.25) is 6.41 Å². The van der Waals surface area contributed by atoms with Crippen molar-refractivity contribution in [3.05, 3.63) is 70.3 Å². The second-order valence-electron chi connectivity index (χ2n) is 4.65. The number of amides is 1. The Labute approximate surface area is 132 Å². The lowest BCUT2D eigenvalue weighted by molar-refractivity contribution is -0.384. The number of nitro benzene ring substituents is 1. The first kappa shape index (κ1) is 16.2. The van der Waals surface area contributed by atoms with Crippen molar-refractivity contribution in [3.63, 3.8) is 0 Å². The Kier molecular flexibility index (Phi) is 5.40. The molecule has 0 aliphatic heterocycles. The fourth-order valence-corrected chi connectivity index (χ4v) is 1.88. The second-order valence-corrected chi connectivity index (χ2v) is 4.65. The lowest BCUT2D eigenvalue weighted by Crippen LogP contribution is -2.29. The molecule has 0 radical (unpaired) electrons. The van der Waals surface area contributed by atoms with Crippen LogP contribution >= 0.6 is 0 Å². The minimum atomic E-state index is -0.570. The molecule has 2 aromatic carbocycles. The number of ether oxygens (including phenoxy) is 1. The number of benzene rings is 2. The normalized spacial score (nSPS) is 9.91. The maximum Gasteiger partial charge on any atom is 0.326 e. The molecule has 0 unspecified atom stereocenters. The molecule has 0 fully saturated rings. The molecule has 0 spiro atoms. The molecular weight excluding hydrogens is 300 g/mol. The van der Waals surface area contributed by atoms with Crippen molar-refractivity contribution in [2.75, 3.05) is 11.4 Å².